The largest absolute Gasteiger partial charge is 0.489 e. The minimum Gasteiger partial charge on any atom is -0.489 e. The summed E-state index contributed by atoms with van der Waals surface area (Å²) < 4.78 is 12.4. The molecule has 1 saturated carbocycles. The molecule has 0 radical (unpaired) electrons. The van der Waals surface area contributed by atoms with E-state index >= 15 is 0 Å². The summed E-state index contributed by atoms with van der Waals surface area (Å²) in [5, 5.41) is 2.36. The second kappa shape index (κ2) is 9.90. The Balaban J connectivity index is 1.28. The number of hydrogen-bond donors (Lipinski definition) is 1. The van der Waals surface area contributed by atoms with Crippen LogP contribution in [0.1, 0.15) is 80.6 Å². The van der Waals surface area contributed by atoms with E-state index in [1.165, 1.54) is 12.8 Å². The number of hydrogen-bond acceptors (Lipinski definition) is 6. The first-order chi connectivity index (χ1) is 16.9. The van der Waals surface area contributed by atoms with Gasteiger partial charge in [0, 0.05) is 44.8 Å². The van der Waals surface area contributed by atoms with Crippen LogP contribution < -0.4 is 10.1 Å². The molecular weight excluding hydrogens is 446 g/mol. The summed E-state index contributed by atoms with van der Waals surface area (Å²) in [6.07, 6.45) is 8.60. The molecular formula is C27H37N3O5. The summed E-state index contributed by atoms with van der Waals surface area (Å²) in [5.41, 5.74) is 1.48. The number of nitrogens with zero attached hydrogens (tertiary/aromatic N) is 2. The van der Waals surface area contributed by atoms with Crippen molar-refractivity contribution in [3.8, 4) is 5.75 Å². The van der Waals surface area contributed by atoms with Crippen LogP contribution in [0.25, 0.3) is 0 Å². The zero-order valence-corrected chi connectivity index (χ0v) is 20.9. The molecule has 1 aromatic carbocycles. The van der Waals surface area contributed by atoms with Crippen LogP contribution in [0, 0.1) is 0 Å². The number of likely N-dealkylation sites (tertiary alicyclic amines) is 1. The van der Waals surface area contributed by atoms with Gasteiger partial charge in [-0.1, -0.05) is 12.8 Å². The molecule has 3 fully saturated rings. The number of ether oxygens (including phenoxy) is 2. The lowest BCUT2D eigenvalue weighted by molar-refractivity contribution is -0.136. The van der Waals surface area contributed by atoms with E-state index in [-0.39, 0.29) is 35.8 Å². The molecule has 3 heterocycles. The molecule has 3 amide bonds. The second-order valence-electron chi connectivity index (χ2n) is 10.8. The van der Waals surface area contributed by atoms with Gasteiger partial charge in [0.15, 0.2) is 0 Å². The van der Waals surface area contributed by atoms with Gasteiger partial charge >= 0.3 is 0 Å². The van der Waals surface area contributed by atoms with Gasteiger partial charge in [-0.25, -0.2) is 0 Å². The fourth-order valence-corrected chi connectivity index (χ4v) is 6.14. The number of nitrogens with one attached hydrogen (secondary N) is 1. The first kappa shape index (κ1) is 24.3. The number of piperidine rings is 2. The van der Waals surface area contributed by atoms with Gasteiger partial charge in [-0.05, 0) is 69.2 Å². The number of imide groups is 1. The lowest BCUT2D eigenvalue weighted by Crippen LogP contribution is -2.52. The minimum absolute atomic E-state index is 0.0293. The molecule has 1 aromatic rings. The number of amides is 3. The standard InChI is InChI=1S/C27H37N3O5/c1-27(34-2)12-14-29(15-13-27)21-6-4-3-5-7-23(21)35-19-8-9-20-18(16-19)17-30(26(20)33)22-10-11-24(31)28-25(22)32/h8-9,16,21-23H,3-7,10-15,17H2,1-2H3,(H,28,31,32)/t21-,22?,23+/m1/s1. The number of rotatable bonds is 5. The molecule has 0 bridgehead atoms. The highest BCUT2D eigenvalue weighted by atomic mass is 16.5. The highest BCUT2D eigenvalue weighted by Crippen LogP contribution is 2.34. The van der Waals surface area contributed by atoms with Gasteiger partial charge in [-0.2, -0.15) is 0 Å². The van der Waals surface area contributed by atoms with E-state index in [4.69, 9.17) is 9.47 Å². The first-order valence-electron chi connectivity index (χ1n) is 13.1. The summed E-state index contributed by atoms with van der Waals surface area (Å²) in [6, 6.07) is 5.48. The molecule has 0 spiro atoms. The predicted octanol–water partition coefficient (Wildman–Crippen LogP) is 3.03. The van der Waals surface area contributed by atoms with E-state index in [0.29, 0.717) is 24.6 Å². The Morgan fingerprint density at radius 1 is 1.03 bits per heavy atom. The zero-order chi connectivity index (χ0) is 24.6. The molecule has 3 aliphatic heterocycles. The van der Waals surface area contributed by atoms with Crippen LogP contribution in [-0.4, -0.2) is 71.5 Å². The van der Waals surface area contributed by atoms with Crippen molar-refractivity contribution in [3.05, 3.63) is 29.3 Å². The molecule has 3 atom stereocenters. The van der Waals surface area contributed by atoms with E-state index in [2.05, 4.69) is 17.1 Å². The third kappa shape index (κ3) is 4.96. The van der Waals surface area contributed by atoms with Crippen molar-refractivity contribution in [2.24, 2.45) is 0 Å². The fraction of sp³-hybridized carbons (Fsp3) is 0.667. The molecule has 8 heteroatoms. The minimum atomic E-state index is -0.597. The molecule has 1 N–H and O–H groups in total. The van der Waals surface area contributed by atoms with Gasteiger partial charge in [0.2, 0.25) is 11.8 Å². The van der Waals surface area contributed by atoms with Crippen LogP contribution in [-0.2, 0) is 20.9 Å². The normalized spacial score (nSPS) is 29.5. The van der Waals surface area contributed by atoms with Gasteiger partial charge in [0.25, 0.3) is 5.91 Å². The quantitative estimate of drug-likeness (QED) is 0.512. The van der Waals surface area contributed by atoms with Crippen LogP contribution in [0.15, 0.2) is 18.2 Å². The van der Waals surface area contributed by atoms with Gasteiger partial charge in [-0.15, -0.1) is 0 Å². The average Bonchev–Trinajstić information content (AvgIpc) is 3.00. The maximum Gasteiger partial charge on any atom is 0.255 e. The maximum atomic E-state index is 13.0. The lowest BCUT2D eigenvalue weighted by atomic mass is 9.91. The summed E-state index contributed by atoms with van der Waals surface area (Å²) in [4.78, 5) is 41.0. The van der Waals surface area contributed by atoms with Crippen LogP contribution in [0.4, 0.5) is 0 Å². The number of methoxy groups -OCH3 is 1. The molecule has 4 aliphatic rings. The van der Waals surface area contributed by atoms with Crippen molar-refractivity contribution < 1.29 is 23.9 Å². The van der Waals surface area contributed by atoms with E-state index in [1.807, 2.05) is 25.3 Å². The Bertz CT molecular complexity index is 987. The van der Waals surface area contributed by atoms with Crippen molar-refractivity contribution in [3.63, 3.8) is 0 Å². The van der Waals surface area contributed by atoms with E-state index in [9.17, 15) is 14.4 Å². The molecule has 2 saturated heterocycles. The lowest BCUT2D eigenvalue weighted by Gasteiger charge is -2.43. The van der Waals surface area contributed by atoms with Crippen LogP contribution in [0.5, 0.6) is 5.75 Å². The topological polar surface area (TPSA) is 88.2 Å². The first-order valence-corrected chi connectivity index (χ1v) is 13.1. The number of carbonyl (C=O) groups is 3. The molecule has 8 nitrogen and oxygen atoms in total. The Morgan fingerprint density at radius 2 is 1.80 bits per heavy atom. The van der Waals surface area contributed by atoms with Crippen LogP contribution in [0.3, 0.4) is 0 Å². The smallest absolute Gasteiger partial charge is 0.255 e. The Kier molecular flexibility index (Phi) is 6.86. The summed E-state index contributed by atoms with van der Waals surface area (Å²) in [5.74, 6) is -0.0175. The highest BCUT2D eigenvalue weighted by molar-refractivity contribution is 6.05. The molecule has 1 aliphatic carbocycles. The van der Waals surface area contributed by atoms with Gasteiger partial charge < -0.3 is 14.4 Å². The number of fused-ring (bicyclic) bond motifs is 1. The van der Waals surface area contributed by atoms with Crippen molar-refractivity contribution in [1.82, 2.24) is 15.1 Å². The summed E-state index contributed by atoms with van der Waals surface area (Å²) >= 11 is 0. The van der Waals surface area contributed by atoms with Gasteiger partial charge in [-0.3, -0.25) is 24.6 Å². The van der Waals surface area contributed by atoms with Crippen molar-refractivity contribution in [2.75, 3.05) is 20.2 Å². The van der Waals surface area contributed by atoms with E-state index < -0.39 is 6.04 Å². The van der Waals surface area contributed by atoms with Crippen molar-refractivity contribution in [2.45, 2.75) is 95.0 Å². The zero-order valence-electron chi connectivity index (χ0n) is 20.9. The SMILES string of the molecule is COC1(C)CCN([C@@H]2CCCCC[C@@H]2Oc2ccc3c(c2)CN(C2CCC(=O)NC2=O)C3=O)CC1. The average molecular weight is 484 g/mol. The van der Waals surface area contributed by atoms with Crippen LogP contribution in [0.2, 0.25) is 0 Å². The van der Waals surface area contributed by atoms with E-state index in [1.54, 1.807) is 4.90 Å². The number of benzene rings is 1. The van der Waals surface area contributed by atoms with Crippen molar-refractivity contribution in [1.29, 1.82) is 0 Å². The van der Waals surface area contributed by atoms with E-state index in [0.717, 1.165) is 56.5 Å². The molecule has 5 rings (SSSR count). The maximum absolute atomic E-state index is 13.0. The molecule has 190 valence electrons. The number of carbonyl (C=O) groups excluding carboxylic acids is 3. The Hall–Kier alpha value is -2.45. The predicted molar refractivity (Wildman–Crippen MR) is 130 cm³/mol. The Labute approximate surface area is 207 Å². The van der Waals surface area contributed by atoms with Gasteiger partial charge in [0.1, 0.15) is 17.9 Å². The van der Waals surface area contributed by atoms with Crippen LogP contribution >= 0.6 is 0 Å². The molecule has 35 heavy (non-hydrogen) atoms. The summed E-state index contributed by atoms with van der Waals surface area (Å²) in [6.45, 7) is 4.62. The fourth-order valence-electron chi connectivity index (χ4n) is 6.14. The van der Waals surface area contributed by atoms with Gasteiger partial charge in [0.05, 0.1) is 5.60 Å². The molecule has 1 unspecified atom stereocenters. The highest BCUT2D eigenvalue weighted by Gasteiger charge is 2.40. The third-order valence-electron chi connectivity index (χ3n) is 8.52. The third-order valence-corrected chi connectivity index (χ3v) is 8.52. The Morgan fingerprint density at radius 3 is 2.54 bits per heavy atom. The summed E-state index contributed by atoms with van der Waals surface area (Å²) in [7, 11) is 1.81. The molecule has 0 aromatic heterocycles. The monoisotopic (exact) mass is 483 g/mol. The second-order valence-corrected chi connectivity index (χ2v) is 10.8. The van der Waals surface area contributed by atoms with Crippen molar-refractivity contribution >= 4 is 17.7 Å².